The van der Waals surface area contributed by atoms with Crippen LogP contribution in [0.3, 0.4) is 0 Å². The molecule has 3 heterocycles. The predicted molar refractivity (Wildman–Crippen MR) is 129 cm³/mol. The van der Waals surface area contributed by atoms with Gasteiger partial charge in [-0.15, -0.1) is 13.2 Å². The van der Waals surface area contributed by atoms with Gasteiger partial charge in [-0.2, -0.15) is 0 Å². The van der Waals surface area contributed by atoms with Crippen LogP contribution in [0.25, 0.3) is 0 Å². The third-order valence-corrected chi connectivity index (χ3v) is 6.74. The molecule has 9 nitrogen and oxygen atoms in total. The second-order valence-corrected chi connectivity index (χ2v) is 9.48. The molecule has 0 bridgehead atoms. The van der Waals surface area contributed by atoms with Crippen LogP contribution in [-0.4, -0.2) is 37.4 Å². The van der Waals surface area contributed by atoms with Crippen LogP contribution in [-0.2, 0) is 26.6 Å². The lowest BCUT2D eigenvalue weighted by Gasteiger charge is -2.26. The number of rotatable bonds is 8. The Morgan fingerprint density at radius 2 is 1.97 bits per heavy atom. The second-order valence-electron chi connectivity index (χ2n) is 9.48. The van der Waals surface area contributed by atoms with E-state index in [9.17, 15) is 27.9 Å². The Morgan fingerprint density at radius 3 is 2.65 bits per heavy atom. The summed E-state index contributed by atoms with van der Waals surface area (Å²) in [4.78, 5) is 32.8. The molecule has 5 rings (SSSR count). The third-order valence-electron chi connectivity index (χ3n) is 6.74. The molecule has 0 radical (unpaired) electrons. The van der Waals surface area contributed by atoms with Gasteiger partial charge >= 0.3 is 12.1 Å². The van der Waals surface area contributed by atoms with Crippen LogP contribution in [0.15, 0.2) is 58.3 Å². The Hall–Kier alpha value is -3.80. The number of nitrogens with zero attached hydrogens (tertiary/aromatic N) is 4. The van der Waals surface area contributed by atoms with Gasteiger partial charge in [0.1, 0.15) is 23.4 Å². The van der Waals surface area contributed by atoms with Gasteiger partial charge in [-0.25, -0.2) is 4.79 Å². The maximum atomic E-state index is 13.6. The van der Waals surface area contributed by atoms with E-state index in [1.165, 1.54) is 22.8 Å². The summed E-state index contributed by atoms with van der Waals surface area (Å²) in [5, 5.41) is 13.5. The summed E-state index contributed by atoms with van der Waals surface area (Å²) in [5.41, 5.74) is -0.366. The summed E-state index contributed by atoms with van der Waals surface area (Å²) in [7, 11) is 1.55. The summed E-state index contributed by atoms with van der Waals surface area (Å²) in [6, 6.07) is 11.0. The topological polar surface area (TPSA) is 102 Å². The van der Waals surface area contributed by atoms with Crippen LogP contribution in [0.4, 0.5) is 24.7 Å². The molecular weight excluding hydrogens is 491 g/mol. The van der Waals surface area contributed by atoms with E-state index in [2.05, 4.69) is 15.0 Å². The zero-order valence-corrected chi connectivity index (χ0v) is 20.0. The smallest absolute Gasteiger partial charge is 0.406 e. The average molecular weight is 518 g/mol. The van der Waals surface area contributed by atoms with Crippen LogP contribution in [0.2, 0.25) is 0 Å². The molecule has 2 N–H and O–H groups in total. The lowest BCUT2D eigenvalue weighted by molar-refractivity contribution is -0.274. The van der Waals surface area contributed by atoms with Crippen molar-refractivity contribution in [1.29, 1.82) is 0 Å². The fourth-order valence-corrected chi connectivity index (χ4v) is 4.59. The van der Waals surface area contributed by atoms with E-state index in [0.717, 1.165) is 4.57 Å². The first-order valence-corrected chi connectivity index (χ1v) is 11.9. The molecule has 1 fully saturated rings. The fraction of sp³-hybridized carbons (Fsp3) is 0.400. The molecule has 2 aromatic heterocycles. The molecule has 2 aliphatic rings. The number of fused-ring (bicyclic) bond motifs is 1. The van der Waals surface area contributed by atoms with Crippen LogP contribution in [0.5, 0.6) is 5.75 Å². The van der Waals surface area contributed by atoms with Crippen molar-refractivity contribution in [3.8, 4) is 5.75 Å². The first-order chi connectivity index (χ1) is 17.5. The molecule has 1 aliphatic carbocycles. The lowest BCUT2D eigenvalue weighted by Crippen LogP contribution is -2.43. The highest BCUT2D eigenvalue weighted by atomic mass is 19.4. The van der Waals surface area contributed by atoms with Gasteiger partial charge < -0.3 is 20.1 Å². The van der Waals surface area contributed by atoms with Crippen molar-refractivity contribution in [1.82, 2.24) is 14.1 Å². The van der Waals surface area contributed by atoms with Gasteiger partial charge in [0.25, 0.3) is 5.56 Å². The van der Waals surface area contributed by atoms with Crippen molar-refractivity contribution in [3.63, 3.8) is 0 Å². The molecule has 1 saturated carbocycles. The highest BCUT2D eigenvalue weighted by Gasteiger charge is 2.41. The number of hydrogen-bond donors (Lipinski definition) is 2. The number of pyridine rings is 1. The normalized spacial score (nSPS) is 17.9. The Balaban J connectivity index is 1.51. The predicted octanol–water partition coefficient (Wildman–Crippen LogP) is 2.76. The first kappa shape index (κ1) is 24.9. The summed E-state index contributed by atoms with van der Waals surface area (Å²) in [6.45, 7) is 0.301. The third kappa shape index (κ3) is 5.33. The van der Waals surface area contributed by atoms with E-state index in [1.54, 1.807) is 36.3 Å². The number of ether oxygens (including phenoxy) is 1. The van der Waals surface area contributed by atoms with Crippen molar-refractivity contribution >= 4 is 11.5 Å². The van der Waals surface area contributed by atoms with Crippen molar-refractivity contribution in [2.24, 2.45) is 7.05 Å². The molecule has 37 heavy (non-hydrogen) atoms. The van der Waals surface area contributed by atoms with E-state index in [0.29, 0.717) is 36.3 Å². The molecule has 1 atom stereocenters. The highest BCUT2D eigenvalue weighted by Crippen LogP contribution is 2.39. The Kier molecular flexibility index (Phi) is 6.22. The number of anilines is 2. The van der Waals surface area contributed by atoms with Crippen LogP contribution in [0, 0.1) is 0 Å². The molecule has 3 aromatic rings. The summed E-state index contributed by atoms with van der Waals surface area (Å²) >= 11 is 0. The van der Waals surface area contributed by atoms with E-state index in [4.69, 9.17) is 0 Å². The largest absolute Gasteiger partial charge is 0.573 e. The van der Waals surface area contributed by atoms with E-state index < -0.39 is 29.4 Å². The molecular formula is C25H26F3N5O4. The highest BCUT2D eigenvalue weighted by molar-refractivity contribution is 5.72. The molecule has 1 unspecified atom stereocenters. The minimum absolute atomic E-state index is 0.0776. The van der Waals surface area contributed by atoms with Crippen LogP contribution < -0.4 is 26.2 Å². The molecule has 0 saturated heterocycles. The number of aromatic nitrogens is 3. The Labute approximate surface area is 209 Å². The monoisotopic (exact) mass is 517 g/mol. The quantitative estimate of drug-likeness (QED) is 0.474. The first-order valence-electron chi connectivity index (χ1n) is 11.9. The van der Waals surface area contributed by atoms with Gasteiger partial charge in [0.15, 0.2) is 0 Å². The van der Waals surface area contributed by atoms with E-state index >= 15 is 0 Å². The Bertz CT molecular complexity index is 1420. The van der Waals surface area contributed by atoms with Crippen LogP contribution >= 0.6 is 0 Å². The zero-order valence-electron chi connectivity index (χ0n) is 20.0. The van der Waals surface area contributed by atoms with Crippen molar-refractivity contribution < 1.29 is 23.0 Å². The van der Waals surface area contributed by atoms with Gasteiger partial charge in [0.2, 0.25) is 0 Å². The van der Waals surface area contributed by atoms with Gasteiger partial charge in [0, 0.05) is 26.2 Å². The zero-order chi connectivity index (χ0) is 26.4. The molecule has 1 aliphatic heterocycles. The van der Waals surface area contributed by atoms with Gasteiger partial charge in [-0.05, 0) is 49.1 Å². The number of halogens is 3. The summed E-state index contributed by atoms with van der Waals surface area (Å²) in [6.07, 6.45) is -1.96. The summed E-state index contributed by atoms with van der Waals surface area (Å²) in [5.74, 6) is -0.0236. The minimum atomic E-state index is -4.82. The number of nitrogens with one attached hydrogen (secondary N) is 1. The SMILES string of the molecule is Cn1c2c(c(=O)n(CCC3(O)CC3)c1=O)N(Cc1ccccn1)C(Cc1cccc(OC(F)(F)F)c1)N2. The molecule has 0 spiro atoms. The molecule has 12 heteroatoms. The Morgan fingerprint density at radius 1 is 1.19 bits per heavy atom. The number of alkyl halides is 3. The van der Waals surface area contributed by atoms with Crippen LogP contribution in [0.1, 0.15) is 30.5 Å². The van der Waals surface area contributed by atoms with E-state index in [-0.39, 0.29) is 30.9 Å². The van der Waals surface area contributed by atoms with Crippen molar-refractivity contribution in [2.45, 2.75) is 56.9 Å². The summed E-state index contributed by atoms with van der Waals surface area (Å²) < 4.78 is 44.7. The number of hydrogen-bond acceptors (Lipinski definition) is 7. The molecule has 0 amide bonds. The second kappa shape index (κ2) is 9.25. The van der Waals surface area contributed by atoms with Gasteiger partial charge in [0.05, 0.1) is 17.8 Å². The fourth-order valence-electron chi connectivity index (χ4n) is 4.59. The van der Waals surface area contributed by atoms with Crippen molar-refractivity contribution in [2.75, 3.05) is 10.2 Å². The van der Waals surface area contributed by atoms with E-state index in [1.807, 2.05) is 6.07 Å². The lowest BCUT2D eigenvalue weighted by atomic mass is 10.1. The molecule has 1 aromatic carbocycles. The minimum Gasteiger partial charge on any atom is -0.406 e. The maximum absolute atomic E-state index is 13.6. The number of aliphatic hydroxyl groups is 1. The standard InChI is InChI=1S/C25H26F3N5O4/c1-31-21-20(22(34)32(23(31)35)12-10-24(36)8-9-24)33(15-17-6-2-3-11-29-17)19(30-21)14-16-5-4-7-18(13-16)37-25(26,27)28/h2-7,11,13,19,30,36H,8-10,12,14-15H2,1H3. The van der Waals surface area contributed by atoms with Crippen molar-refractivity contribution in [3.05, 3.63) is 80.8 Å². The maximum Gasteiger partial charge on any atom is 0.573 e. The molecule has 196 valence electrons. The van der Waals surface area contributed by atoms with Gasteiger partial charge in [-0.1, -0.05) is 18.2 Å². The average Bonchev–Trinajstić information content (AvgIpc) is 3.47. The number of benzene rings is 1. The van der Waals surface area contributed by atoms with Gasteiger partial charge in [-0.3, -0.25) is 18.9 Å².